The van der Waals surface area contributed by atoms with Crippen LogP contribution >= 0.6 is 22.6 Å². The van der Waals surface area contributed by atoms with Crippen molar-refractivity contribution >= 4 is 22.6 Å². The molecule has 84 valence electrons. The van der Waals surface area contributed by atoms with E-state index in [1.165, 1.54) is 22.6 Å². The van der Waals surface area contributed by atoms with Gasteiger partial charge in [0.1, 0.15) is 0 Å². The number of nitrogens with zero attached hydrogens (tertiary/aromatic N) is 1. The van der Waals surface area contributed by atoms with Crippen LogP contribution < -0.4 is 0 Å². The summed E-state index contributed by atoms with van der Waals surface area (Å²) in [6, 6.07) is 0.441. The molecular formula is C7H2F6IN. The minimum atomic E-state index is -5.09. The molecule has 15 heavy (non-hydrogen) atoms. The van der Waals surface area contributed by atoms with Crippen molar-refractivity contribution in [2.45, 2.75) is 12.6 Å². The predicted molar refractivity (Wildman–Crippen MR) is 46.9 cm³/mol. The maximum atomic E-state index is 12.7. The van der Waals surface area contributed by atoms with E-state index in [1.807, 2.05) is 0 Å². The molecule has 0 saturated heterocycles. The normalized spacial score (nSPS) is 12.3. The van der Waals surface area contributed by atoms with E-state index in [2.05, 4.69) is 4.98 Å². The van der Waals surface area contributed by atoms with Crippen molar-refractivity contribution in [1.29, 1.82) is 0 Å². The van der Waals surface area contributed by atoms with Crippen LogP contribution in [-0.4, -0.2) is 4.98 Å². The Morgan fingerprint density at radius 3 is 2.20 bits per heavy atom. The van der Waals surface area contributed by atoms with Crippen molar-refractivity contribution < 1.29 is 26.3 Å². The topological polar surface area (TPSA) is 12.9 Å². The molecule has 1 aromatic rings. The average Bonchev–Trinajstić information content (AvgIpc) is 2.06. The fraction of sp³-hybridized carbons (Fsp3) is 0.286. The molecule has 0 amide bonds. The number of pyridine rings is 1. The Labute approximate surface area is 93.6 Å². The number of halogens is 7. The Bertz CT molecular complexity index is 374. The second-order valence-corrected chi connectivity index (χ2v) is 3.66. The first-order valence-corrected chi connectivity index (χ1v) is 4.52. The summed E-state index contributed by atoms with van der Waals surface area (Å²) in [6.07, 6.45) is -8.43. The maximum Gasteiger partial charge on any atom is 0.433 e. The Balaban J connectivity index is 3.42. The molecule has 0 fully saturated rings. The van der Waals surface area contributed by atoms with Gasteiger partial charge in [-0.25, -0.2) is 13.8 Å². The zero-order chi connectivity index (χ0) is 11.8. The third-order valence-corrected chi connectivity index (χ3v) is 2.22. The summed E-state index contributed by atoms with van der Waals surface area (Å²) in [5.41, 5.74) is -3.19. The standard InChI is InChI=1S/C7H2F6IN/c8-5(9)2-1-3(14)6(10)15-4(2)7(11,12)13/h1,5H. The molecule has 0 saturated carbocycles. The van der Waals surface area contributed by atoms with Crippen LogP contribution in [0.25, 0.3) is 0 Å². The van der Waals surface area contributed by atoms with Gasteiger partial charge >= 0.3 is 6.18 Å². The van der Waals surface area contributed by atoms with Gasteiger partial charge < -0.3 is 0 Å². The molecule has 0 atom stereocenters. The van der Waals surface area contributed by atoms with Crippen molar-refractivity contribution in [2.75, 3.05) is 0 Å². The van der Waals surface area contributed by atoms with Gasteiger partial charge in [-0.1, -0.05) is 0 Å². The van der Waals surface area contributed by atoms with Crippen LogP contribution in [-0.2, 0) is 6.18 Å². The van der Waals surface area contributed by atoms with E-state index in [9.17, 15) is 26.3 Å². The largest absolute Gasteiger partial charge is 0.433 e. The van der Waals surface area contributed by atoms with E-state index in [0.29, 0.717) is 6.07 Å². The van der Waals surface area contributed by atoms with Gasteiger partial charge in [-0.05, 0) is 28.7 Å². The van der Waals surface area contributed by atoms with Crippen LogP contribution in [0.15, 0.2) is 6.07 Å². The summed E-state index contributed by atoms with van der Waals surface area (Å²) in [5.74, 6) is -1.41. The van der Waals surface area contributed by atoms with Crippen LogP contribution in [0.3, 0.4) is 0 Å². The van der Waals surface area contributed by atoms with E-state index in [0.717, 1.165) is 0 Å². The van der Waals surface area contributed by atoms with E-state index in [1.54, 1.807) is 0 Å². The van der Waals surface area contributed by atoms with Crippen molar-refractivity contribution in [2.24, 2.45) is 0 Å². The monoisotopic (exact) mass is 341 g/mol. The summed E-state index contributed by atoms with van der Waals surface area (Å²) in [7, 11) is 0. The molecule has 0 radical (unpaired) electrons. The molecule has 0 N–H and O–H groups in total. The molecule has 1 nitrogen and oxygen atoms in total. The molecule has 0 spiro atoms. The van der Waals surface area contributed by atoms with Gasteiger partial charge in [0, 0.05) is 5.56 Å². The molecule has 8 heteroatoms. The molecule has 0 aliphatic heterocycles. The third-order valence-electron chi connectivity index (χ3n) is 1.47. The molecule has 0 bridgehead atoms. The Hall–Kier alpha value is -0.540. The molecule has 0 unspecified atom stereocenters. The molecule has 0 aliphatic carbocycles. The van der Waals surface area contributed by atoms with Crippen LogP contribution in [0, 0.1) is 9.52 Å². The van der Waals surface area contributed by atoms with Gasteiger partial charge in [0.15, 0.2) is 5.69 Å². The number of aromatic nitrogens is 1. The Morgan fingerprint density at radius 2 is 1.80 bits per heavy atom. The zero-order valence-corrected chi connectivity index (χ0v) is 8.91. The van der Waals surface area contributed by atoms with Gasteiger partial charge in [-0.15, -0.1) is 0 Å². The second-order valence-electron chi connectivity index (χ2n) is 2.50. The molecule has 1 aromatic heterocycles. The summed E-state index contributed by atoms with van der Waals surface area (Å²) in [6.45, 7) is 0. The second kappa shape index (κ2) is 4.14. The zero-order valence-electron chi connectivity index (χ0n) is 6.75. The highest BCUT2D eigenvalue weighted by Gasteiger charge is 2.38. The van der Waals surface area contributed by atoms with Crippen LogP contribution in [0.5, 0.6) is 0 Å². The third kappa shape index (κ3) is 2.73. The van der Waals surface area contributed by atoms with Crippen LogP contribution in [0.1, 0.15) is 17.7 Å². The van der Waals surface area contributed by atoms with E-state index < -0.39 is 29.8 Å². The van der Waals surface area contributed by atoms with Gasteiger partial charge in [0.25, 0.3) is 6.43 Å². The molecular weight excluding hydrogens is 339 g/mol. The van der Waals surface area contributed by atoms with Crippen molar-refractivity contribution in [3.8, 4) is 0 Å². The van der Waals surface area contributed by atoms with Crippen molar-refractivity contribution in [3.63, 3.8) is 0 Å². The highest BCUT2D eigenvalue weighted by Crippen LogP contribution is 2.35. The van der Waals surface area contributed by atoms with Gasteiger partial charge in [-0.2, -0.15) is 17.6 Å². The highest BCUT2D eigenvalue weighted by molar-refractivity contribution is 14.1. The average molecular weight is 341 g/mol. The first-order chi connectivity index (χ1) is 6.73. The smallest absolute Gasteiger partial charge is 0.214 e. The first kappa shape index (κ1) is 12.5. The molecule has 1 heterocycles. The van der Waals surface area contributed by atoms with E-state index in [4.69, 9.17) is 0 Å². The lowest BCUT2D eigenvalue weighted by molar-refractivity contribution is -0.143. The SMILES string of the molecule is Fc1nc(C(F)(F)F)c(C(F)F)cc1I. The summed E-state index contributed by atoms with van der Waals surface area (Å²) in [4.78, 5) is 2.49. The number of hydrogen-bond donors (Lipinski definition) is 0. The molecule has 0 aliphatic rings. The van der Waals surface area contributed by atoms with E-state index >= 15 is 0 Å². The lowest BCUT2D eigenvalue weighted by Crippen LogP contribution is -2.14. The van der Waals surface area contributed by atoms with Crippen molar-refractivity contribution in [3.05, 3.63) is 26.8 Å². The van der Waals surface area contributed by atoms with Crippen LogP contribution in [0.4, 0.5) is 26.3 Å². The number of rotatable bonds is 1. The Morgan fingerprint density at radius 1 is 1.27 bits per heavy atom. The quantitative estimate of drug-likeness (QED) is 0.430. The molecule has 1 rings (SSSR count). The Kier molecular flexibility index (Phi) is 3.46. The summed E-state index contributed by atoms with van der Waals surface area (Å²) < 4.78 is 73.2. The highest BCUT2D eigenvalue weighted by atomic mass is 127. The minimum Gasteiger partial charge on any atom is -0.214 e. The predicted octanol–water partition coefficient (Wildman–Crippen LogP) is 3.78. The van der Waals surface area contributed by atoms with Gasteiger partial charge in [-0.3, -0.25) is 0 Å². The first-order valence-electron chi connectivity index (χ1n) is 3.44. The van der Waals surface area contributed by atoms with Crippen molar-refractivity contribution in [1.82, 2.24) is 4.98 Å². The summed E-state index contributed by atoms with van der Waals surface area (Å²) >= 11 is 1.29. The lowest BCUT2D eigenvalue weighted by atomic mass is 10.2. The van der Waals surface area contributed by atoms with Crippen LogP contribution in [0.2, 0.25) is 0 Å². The maximum absolute atomic E-state index is 12.7. The fourth-order valence-electron chi connectivity index (χ4n) is 0.874. The number of hydrogen-bond acceptors (Lipinski definition) is 1. The lowest BCUT2D eigenvalue weighted by Gasteiger charge is -2.11. The fourth-order valence-corrected chi connectivity index (χ4v) is 1.33. The molecule has 0 aromatic carbocycles. The van der Waals surface area contributed by atoms with Gasteiger partial charge in [0.05, 0.1) is 3.57 Å². The van der Waals surface area contributed by atoms with Gasteiger partial charge in [0.2, 0.25) is 5.95 Å². The summed E-state index contributed by atoms with van der Waals surface area (Å²) in [5, 5.41) is 0. The number of alkyl halides is 5. The van der Waals surface area contributed by atoms with E-state index in [-0.39, 0.29) is 3.57 Å². The minimum absolute atomic E-state index is 0.379.